The van der Waals surface area contributed by atoms with Gasteiger partial charge in [-0.15, -0.1) is 0 Å². The lowest BCUT2D eigenvalue weighted by atomic mass is 9.79. The van der Waals surface area contributed by atoms with Crippen LogP contribution in [0.1, 0.15) is 63.4 Å². The number of piperidine rings is 1. The number of carbonyl (C=O) groups excluding carboxylic acids is 2. The number of nitrogens with zero attached hydrogens (tertiary/aromatic N) is 2. The fourth-order valence-electron chi connectivity index (χ4n) is 5.72. The maximum absolute atomic E-state index is 12.7. The van der Waals surface area contributed by atoms with Gasteiger partial charge in [-0.1, -0.05) is 78.4 Å². The number of rotatable bonds is 11. The maximum Gasteiger partial charge on any atom is 0.260 e. The molecule has 2 aromatic rings. The number of aliphatic imine (C=N–C) groups is 1. The van der Waals surface area contributed by atoms with Gasteiger partial charge in [0.2, 0.25) is 0 Å². The van der Waals surface area contributed by atoms with E-state index in [0.717, 1.165) is 35.6 Å². The molecule has 39 heavy (non-hydrogen) atoms. The lowest BCUT2D eigenvalue weighted by molar-refractivity contribution is -0.134. The van der Waals surface area contributed by atoms with Crippen LogP contribution in [0.2, 0.25) is 0 Å². The summed E-state index contributed by atoms with van der Waals surface area (Å²) in [5.74, 6) is 1.98. The molecule has 1 aliphatic heterocycles. The molecule has 1 saturated carbocycles. The minimum Gasteiger partial charge on any atom is -0.484 e. The molecule has 0 aromatic heterocycles. The summed E-state index contributed by atoms with van der Waals surface area (Å²) in [6.07, 6.45) is 10.7. The van der Waals surface area contributed by atoms with E-state index in [0.29, 0.717) is 49.6 Å². The van der Waals surface area contributed by atoms with E-state index in [1.807, 2.05) is 59.5 Å². The number of benzene rings is 2. The van der Waals surface area contributed by atoms with Gasteiger partial charge in [-0.2, -0.15) is 0 Å². The highest BCUT2D eigenvalue weighted by molar-refractivity contribution is 9.10. The molecule has 1 saturated heterocycles. The van der Waals surface area contributed by atoms with Crippen molar-refractivity contribution in [1.29, 1.82) is 0 Å². The van der Waals surface area contributed by atoms with Crippen LogP contribution in [0.3, 0.4) is 0 Å². The van der Waals surface area contributed by atoms with Crippen molar-refractivity contribution in [1.82, 2.24) is 10.2 Å². The predicted molar refractivity (Wildman–Crippen MR) is 159 cm³/mol. The Kier molecular flexibility index (Phi) is 10.8. The first-order valence-corrected chi connectivity index (χ1v) is 15.0. The average molecular weight is 598 g/mol. The molecule has 7 nitrogen and oxygen atoms in total. The van der Waals surface area contributed by atoms with E-state index < -0.39 is 5.54 Å². The molecule has 210 valence electrons. The molecule has 2 aromatic carbocycles. The van der Waals surface area contributed by atoms with E-state index >= 15 is 0 Å². The Morgan fingerprint density at radius 1 is 1.05 bits per heavy atom. The number of nitrogens with two attached hydrogens (primary N) is 1. The summed E-state index contributed by atoms with van der Waals surface area (Å²) in [5.41, 5.74) is 6.37. The van der Waals surface area contributed by atoms with Crippen LogP contribution < -0.4 is 15.8 Å². The lowest BCUT2D eigenvalue weighted by Crippen LogP contribution is -2.51. The molecule has 3 N–H and O–H groups in total. The van der Waals surface area contributed by atoms with Crippen LogP contribution in [0.25, 0.3) is 0 Å². The molecule has 0 radical (unpaired) electrons. The third-order valence-corrected chi connectivity index (χ3v) is 8.65. The fourth-order valence-corrected chi connectivity index (χ4v) is 6.12. The molecule has 4 rings (SSSR count). The molecule has 2 fully saturated rings. The van der Waals surface area contributed by atoms with E-state index in [-0.39, 0.29) is 12.5 Å². The van der Waals surface area contributed by atoms with Gasteiger partial charge < -0.3 is 25.5 Å². The zero-order chi connectivity index (χ0) is 27.5. The molecule has 1 aliphatic carbocycles. The van der Waals surface area contributed by atoms with E-state index in [1.54, 1.807) is 0 Å². The van der Waals surface area contributed by atoms with Gasteiger partial charge in [-0.3, -0.25) is 9.79 Å². The maximum atomic E-state index is 12.7. The van der Waals surface area contributed by atoms with Crippen LogP contribution in [0.4, 0.5) is 0 Å². The van der Waals surface area contributed by atoms with Gasteiger partial charge in [0.15, 0.2) is 12.6 Å². The van der Waals surface area contributed by atoms with Gasteiger partial charge in [0.25, 0.3) is 5.91 Å². The largest absolute Gasteiger partial charge is 0.484 e. The second-order valence-corrected chi connectivity index (χ2v) is 11.8. The molecular weight excluding hydrogens is 556 g/mol. The van der Waals surface area contributed by atoms with Gasteiger partial charge in [0.1, 0.15) is 17.6 Å². The number of hydrogen-bond acceptors (Lipinski definition) is 4. The van der Waals surface area contributed by atoms with E-state index in [2.05, 4.69) is 26.2 Å². The summed E-state index contributed by atoms with van der Waals surface area (Å²) in [7, 11) is 0. The second-order valence-electron chi connectivity index (χ2n) is 10.9. The van der Waals surface area contributed by atoms with Crippen LogP contribution in [-0.2, 0) is 15.1 Å². The van der Waals surface area contributed by atoms with Crippen molar-refractivity contribution in [3.63, 3.8) is 0 Å². The molecule has 1 heterocycles. The van der Waals surface area contributed by atoms with E-state index in [4.69, 9.17) is 10.5 Å². The molecule has 1 unspecified atom stereocenters. The van der Waals surface area contributed by atoms with Gasteiger partial charge in [-0.25, -0.2) is 0 Å². The van der Waals surface area contributed by atoms with Gasteiger partial charge in [-0.05, 0) is 67.3 Å². The second kappa shape index (κ2) is 14.5. The first-order chi connectivity index (χ1) is 19.0. The summed E-state index contributed by atoms with van der Waals surface area (Å²) >= 11 is 3.56. The number of likely N-dealkylation sites (tertiary alicyclic amines) is 1. The highest BCUT2D eigenvalue weighted by atomic mass is 79.9. The Balaban J connectivity index is 1.31. The average Bonchev–Trinajstić information content (AvgIpc) is 2.98. The standard InChI is InChI=1S/C31H41BrN4O3/c32-27-11-7-10-26(20-27)31(23-37,17-14-24-8-3-1-4-9-24)35-30(33)34-21-25-15-18-36(19-16-25)29(38)22-39-28-12-5-2-6-13-28/h2,5-7,10-13,20,23-25H,1,3-4,8-9,14-19,21-22H2,(H3,33,34,35). The molecular formula is C31H41BrN4O3. The minimum atomic E-state index is -0.913. The molecule has 1 amide bonds. The summed E-state index contributed by atoms with van der Waals surface area (Å²) in [5, 5.41) is 3.32. The number of nitrogens with one attached hydrogen (secondary N) is 1. The third-order valence-electron chi connectivity index (χ3n) is 8.16. The predicted octanol–water partition coefficient (Wildman–Crippen LogP) is 5.43. The molecule has 1 atom stereocenters. The molecule has 0 spiro atoms. The zero-order valence-electron chi connectivity index (χ0n) is 22.7. The number of aldehydes is 1. The lowest BCUT2D eigenvalue weighted by Gasteiger charge is -2.33. The monoisotopic (exact) mass is 596 g/mol. The zero-order valence-corrected chi connectivity index (χ0v) is 24.3. The number of halogens is 1. The Hall–Kier alpha value is -2.87. The minimum absolute atomic E-state index is 0.00439. The van der Waals surface area contributed by atoms with Gasteiger partial charge in [0, 0.05) is 24.1 Å². The Labute approximate surface area is 240 Å². The van der Waals surface area contributed by atoms with Crippen molar-refractivity contribution in [3.05, 3.63) is 64.6 Å². The highest BCUT2D eigenvalue weighted by Crippen LogP contribution is 2.33. The van der Waals surface area contributed by atoms with E-state index in [9.17, 15) is 9.59 Å². The quantitative estimate of drug-likeness (QED) is 0.205. The number of ether oxygens (including phenoxy) is 1. The van der Waals surface area contributed by atoms with Gasteiger partial charge >= 0.3 is 0 Å². The Morgan fingerprint density at radius 3 is 2.49 bits per heavy atom. The van der Waals surface area contributed by atoms with Crippen molar-refractivity contribution in [2.75, 3.05) is 26.2 Å². The first-order valence-electron chi connectivity index (χ1n) is 14.2. The summed E-state index contributed by atoms with van der Waals surface area (Å²) in [4.78, 5) is 31.8. The Bertz CT molecular complexity index is 1100. The van der Waals surface area contributed by atoms with Crippen molar-refractivity contribution >= 4 is 34.1 Å². The van der Waals surface area contributed by atoms with Crippen LogP contribution in [0.5, 0.6) is 5.75 Å². The van der Waals surface area contributed by atoms with Crippen LogP contribution >= 0.6 is 15.9 Å². The summed E-state index contributed by atoms with van der Waals surface area (Å²) in [6, 6.07) is 17.3. The Morgan fingerprint density at radius 2 is 1.79 bits per heavy atom. The smallest absolute Gasteiger partial charge is 0.260 e. The highest BCUT2D eigenvalue weighted by Gasteiger charge is 2.34. The number of hydrogen-bond donors (Lipinski definition) is 2. The topological polar surface area (TPSA) is 97.0 Å². The van der Waals surface area contributed by atoms with E-state index in [1.165, 1.54) is 32.1 Å². The summed E-state index contributed by atoms with van der Waals surface area (Å²) in [6.45, 7) is 1.98. The first kappa shape index (κ1) is 29.1. The number of carbonyl (C=O) groups is 2. The van der Waals surface area contributed by atoms with Crippen molar-refractivity contribution in [3.8, 4) is 5.75 Å². The summed E-state index contributed by atoms with van der Waals surface area (Å²) < 4.78 is 6.54. The normalized spacial score (nSPS) is 18.8. The van der Waals surface area contributed by atoms with Crippen molar-refractivity contribution < 1.29 is 14.3 Å². The number of guanidine groups is 1. The molecule has 2 aliphatic rings. The van der Waals surface area contributed by atoms with Gasteiger partial charge in [0.05, 0.1) is 0 Å². The van der Waals surface area contributed by atoms with Crippen LogP contribution in [-0.4, -0.2) is 49.3 Å². The fraction of sp³-hybridized carbons (Fsp3) is 0.516. The number of amides is 1. The third kappa shape index (κ3) is 8.56. The molecule has 0 bridgehead atoms. The number of para-hydroxylation sites is 1. The SMILES string of the molecule is NC(=NCC1CCN(C(=O)COc2ccccc2)CC1)NC(C=O)(CCC1CCCCC1)c1cccc(Br)c1. The van der Waals surface area contributed by atoms with Crippen molar-refractivity contribution in [2.45, 2.75) is 63.3 Å². The van der Waals surface area contributed by atoms with Crippen molar-refractivity contribution in [2.24, 2.45) is 22.6 Å². The van der Waals surface area contributed by atoms with Crippen LogP contribution in [0.15, 0.2) is 64.1 Å². The molecule has 8 heteroatoms. The van der Waals surface area contributed by atoms with Crippen LogP contribution in [0, 0.1) is 11.8 Å².